The van der Waals surface area contributed by atoms with Crippen LogP contribution in [0.1, 0.15) is 48.8 Å². The van der Waals surface area contributed by atoms with Gasteiger partial charge in [0.05, 0.1) is 18.8 Å². The molecule has 3 nitrogen and oxygen atoms in total. The van der Waals surface area contributed by atoms with Gasteiger partial charge in [0.15, 0.2) is 0 Å². The van der Waals surface area contributed by atoms with Gasteiger partial charge in [-0.05, 0) is 73.0 Å². The Bertz CT molecular complexity index is 1070. The SMILES string of the molecule is c1ccc(CON[C@]23C[C@@H]4CC(C[C@](OCc5ccccc5)(C4)C2)[C@@H]3Cc2ccccc2)cc1. The molecule has 4 fully saturated rings. The van der Waals surface area contributed by atoms with E-state index in [0.29, 0.717) is 31.0 Å². The molecule has 176 valence electrons. The van der Waals surface area contributed by atoms with Crippen LogP contribution in [0.2, 0.25) is 0 Å². The number of ether oxygens (including phenoxy) is 1. The molecular weight excluding hydrogens is 418 g/mol. The minimum absolute atomic E-state index is 0.0363. The van der Waals surface area contributed by atoms with Gasteiger partial charge in [-0.3, -0.25) is 4.84 Å². The van der Waals surface area contributed by atoms with E-state index in [2.05, 4.69) is 96.5 Å². The summed E-state index contributed by atoms with van der Waals surface area (Å²) < 4.78 is 6.82. The van der Waals surface area contributed by atoms with E-state index in [0.717, 1.165) is 12.8 Å². The van der Waals surface area contributed by atoms with Gasteiger partial charge in [-0.25, -0.2) is 0 Å². The third kappa shape index (κ3) is 4.45. The molecule has 1 unspecified atom stereocenters. The molecule has 0 heterocycles. The summed E-state index contributed by atoms with van der Waals surface area (Å²) in [4.78, 5) is 6.27. The normalized spacial score (nSPS) is 31.6. The third-order valence-electron chi connectivity index (χ3n) is 8.54. The monoisotopic (exact) mass is 453 g/mol. The molecule has 0 aromatic heterocycles. The highest BCUT2D eigenvalue weighted by atomic mass is 16.6. The highest BCUT2D eigenvalue weighted by Crippen LogP contribution is 2.62. The van der Waals surface area contributed by atoms with E-state index >= 15 is 0 Å². The summed E-state index contributed by atoms with van der Waals surface area (Å²) in [5.74, 6) is 1.95. The van der Waals surface area contributed by atoms with E-state index in [-0.39, 0.29) is 11.1 Å². The minimum Gasteiger partial charge on any atom is -0.370 e. The fraction of sp³-hybridized carbons (Fsp3) is 0.419. The molecule has 4 aliphatic rings. The lowest BCUT2D eigenvalue weighted by Gasteiger charge is -2.65. The van der Waals surface area contributed by atoms with Crippen LogP contribution < -0.4 is 5.48 Å². The first-order valence-corrected chi connectivity index (χ1v) is 12.9. The standard InChI is InChI=1S/C31H35NO2/c1-4-10-24(11-5-1)17-29-28-16-27-18-30(20-28,33-21-25-12-6-2-7-13-25)23-31(29,19-27)32-34-22-26-14-8-3-9-15-26/h1-15,27-29,32H,16-23H2/t27-,28?,29+,30-,31-/m1/s1. The summed E-state index contributed by atoms with van der Waals surface area (Å²) in [7, 11) is 0. The van der Waals surface area contributed by atoms with Crippen molar-refractivity contribution >= 4 is 0 Å². The van der Waals surface area contributed by atoms with Gasteiger partial charge in [-0.1, -0.05) is 91.0 Å². The van der Waals surface area contributed by atoms with Crippen molar-refractivity contribution in [3.05, 3.63) is 108 Å². The lowest BCUT2D eigenvalue weighted by Crippen LogP contribution is -2.70. The number of nitrogens with one attached hydrogen (secondary N) is 1. The fourth-order valence-electron chi connectivity index (χ4n) is 7.38. The molecule has 5 atom stereocenters. The zero-order valence-corrected chi connectivity index (χ0v) is 19.9. The van der Waals surface area contributed by atoms with Crippen LogP contribution in [-0.2, 0) is 29.2 Å². The smallest absolute Gasteiger partial charge is 0.0933 e. The van der Waals surface area contributed by atoms with Gasteiger partial charge < -0.3 is 4.74 Å². The molecule has 0 aliphatic heterocycles. The van der Waals surface area contributed by atoms with E-state index in [9.17, 15) is 0 Å². The molecule has 1 N–H and O–H groups in total. The maximum atomic E-state index is 6.82. The fourth-order valence-corrected chi connectivity index (χ4v) is 7.38. The zero-order valence-electron chi connectivity index (χ0n) is 19.9. The Hall–Kier alpha value is -2.46. The van der Waals surface area contributed by atoms with E-state index in [1.54, 1.807) is 0 Å². The summed E-state index contributed by atoms with van der Waals surface area (Å²) in [6, 6.07) is 32.1. The Balaban J connectivity index is 1.24. The van der Waals surface area contributed by atoms with Crippen LogP contribution in [0.5, 0.6) is 0 Å². The Morgan fingerprint density at radius 1 is 0.706 bits per heavy atom. The molecule has 3 aromatic carbocycles. The molecule has 7 rings (SSSR count). The zero-order chi connectivity index (χ0) is 22.8. The van der Waals surface area contributed by atoms with Crippen molar-refractivity contribution in [1.82, 2.24) is 5.48 Å². The van der Waals surface area contributed by atoms with Crippen LogP contribution >= 0.6 is 0 Å². The lowest BCUT2D eigenvalue weighted by molar-refractivity contribution is -0.230. The molecular formula is C31H35NO2. The molecule has 3 aromatic rings. The van der Waals surface area contributed by atoms with Crippen molar-refractivity contribution in [3.63, 3.8) is 0 Å². The average molecular weight is 454 g/mol. The predicted molar refractivity (Wildman–Crippen MR) is 135 cm³/mol. The number of rotatable bonds is 9. The average Bonchev–Trinajstić information content (AvgIpc) is 2.87. The first kappa shape index (κ1) is 22.0. The summed E-state index contributed by atoms with van der Waals surface area (Å²) in [6.07, 6.45) is 7.02. The summed E-state index contributed by atoms with van der Waals surface area (Å²) in [5.41, 5.74) is 7.51. The topological polar surface area (TPSA) is 30.5 Å². The second kappa shape index (κ2) is 9.30. The van der Waals surface area contributed by atoms with Crippen molar-refractivity contribution in [3.8, 4) is 0 Å². The minimum atomic E-state index is -0.0437. The quantitative estimate of drug-likeness (QED) is 0.376. The molecule has 4 aliphatic carbocycles. The summed E-state index contributed by atoms with van der Waals surface area (Å²) in [6.45, 7) is 1.29. The Kier molecular flexibility index (Phi) is 6.02. The van der Waals surface area contributed by atoms with Crippen molar-refractivity contribution in [2.24, 2.45) is 17.8 Å². The van der Waals surface area contributed by atoms with Crippen LogP contribution in [0.15, 0.2) is 91.0 Å². The molecule has 3 heteroatoms. The molecule has 34 heavy (non-hydrogen) atoms. The van der Waals surface area contributed by atoms with Crippen LogP contribution in [0.3, 0.4) is 0 Å². The molecule has 0 radical (unpaired) electrons. The number of hydrogen-bond donors (Lipinski definition) is 1. The van der Waals surface area contributed by atoms with Crippen molar-refractivity contribution in [2.45, 2.75) is 62.9 Å². The third-order valence-corrected chi connectivity index (χ3v) is 8.54. The van der Waals surface area contributed by atoms with Gasteiger partial charge in [0, 0.05) is 5.54 Å². The Morgan fingerprint density at radius 3 is 2.00 bits per heavy atom. The highest BCUT2D eigenvalue weighted by molar-refractivity contribution is 5.23. The molecule has 4 saturated carbocycles. The predicted octanol–water partition coefficient (Wildman–Crippen LogP) is 6.48. The second-order valence-electron chi connectivity index (χ2n) is 10.9. The van der Waals surface area contributed by atoms with Crippen LogP contribution in [0.25, 0.3) is 0 Å². The van der Waals surface area contributed by atoms with E-state index in [1.807, 2.05) is 0 Å². The van der Waals surface area contributed by atoms with Crippen molar-refractivity contribution in [1.29, 1.82) is 0 Å². The van der Waals surface area contributed by atoms with E-state index in [1.165, 1.54) is 42.4 Å². The first-order valence-electron chi connectivity index (χ1n) is 12.9. The summed E-state index contributed by atoms with van der Waals surface area (Å²) >= 11 is 0. The van der Waals surface area contributed by atoms with Crippen molar-refractivity contribution < 1.29 is 9.57 Å². The van der Waals surface area contributed by atoms with Crippen LogP contribution in [0, 0.1) is 17.8 Å². The second-order valence-corrected chi connectivity index (χ2v) is 10.9. The summed E-state index contributed by atoms with van der Waals surface area (Å²) in [5, 5.41) is 0. The van der Waals surface area contributed by atoms with E-state index in [4.69, 9.17) is 9.57 Å². The van der Waals surface area contributed by atoms with Gasteiger partial charge >= 0.3 is 0 Å². The lowest BCUT2D eigenvalue weighted by atomic mass is 9.46. The first-order chi connectivity index (χ1) is 16.7. The van der Waals surface area contributed by atoms with Crippen LogP contribution in [-0.4, -0.2) is 11.1 Å². The van der Waals surface area contributed by atoms with Gasteiger partial charge in [0.25, 0.3) is 0 Å². The van der Waals surface area contributed by atoms with E-state index < -0.39 is 0 Å². The number of hydroxylamine groups is 1. The van der Waals surface area contributed by atoms with Crippen molar-refractivity contribution in [2.75, 3.05) is 0 Å². The highest BCUT2D eigenvalue weighted by Gasteiger charge is 2.63. The van der Waals surface area contributed by atoms with Gasteiger partial charge in [0.1, 0.15) is 0 Å². The van der Waals surface area contributed by atoms with Gasteiger partial charge in [-0.2, -0.15) is 5.48 Å². The maximum absolute atomic E-state index is 6.82. The molecule has 4 bridgehead atoms. The molecule has 0 amide bonds. The van der Waals surface area contributed by atoms with Gasteiger partial charge in [0.2, 0.25) is 0 Å². The van der Waals surface area contributed by atoms with Crippen LogP contribution in [0.4, 0.5) is 0 Å². The molecule has 0 spiro atoms. The number of benzene rings is 3. The molecule has 0 saturated heterocycles. The maximum Gasteiger partial charge on any atom is 0.0933 e. The Morgan fingerprint density at radius 2 is 1.32 bits per heavy atom. The van der Waals surface area contributed by atoms with Gasteiger partial charge in [-0.15, -0.1) is 0 Å². The number of hydrogen-bond acceptors (Lipinski definition) is 3. The Labute approximate surface area is 203 Å². The largest absolute Gasteiger partial charge is 0.370 e.